The lowest BCUT2D eigenvalue weighted by atomic mass is 10.3. The second kappa shape index (κ2) is 6.54. The van der Waals surface area contributed by atoms with Gasteiger partial charge in [0.2, 0.25) is 0 Å². The third kappa shape index (κ3) is 3.94. The molecule has 0 aliphatic rings. The van der Waals surface area contributed by atoms with E-state index < -0.39 is 0 Å². The van der Waals surface area contributed by atoms with Gasteiger partial charge in [0.25, 0.3) is 0 Å². The Morgan fingerprint density at radius 2 is 2.37 bits per heavy atom. The molecule has 0 bridgehead atoms. The molecule has 1 N–H and O–H groups in total. The SMILES string of the molecule is CC(CNCc1ccco1)N(C)Cc1nccn1C. The normalized spacial score (nSPS) is 13.1. The maximum absolute atomic E-state index is 5.29. The van der Waals surface area contributed by atoms with E-state index in [-0.39, 0.29) is 0 Å². The topological polar surface area (TPSA) is 46.2 Å². The first-order chi connectivity index (χ1) is 9.16. The molecule has 2 heterocycles. The van der Waals surface area contributed by atoms with E-state index in [1.165, 1.54) is 0 Å². The van der Waals surface area contributed by atoms with Crippen LogP contribution in [0.1, 0.15) is 18.5 Å². The molecule has 2 aromatic heterocycles. The summed E-state index contributed by atoms with van der Waals surface area (Å²) in [4.78, 5) is 6.63. The molecule has 0 saturated carbocycles. The van der Waals surface area contributed by atoms with Gasteiger partial charge in [0, 0.05) is 32.0 Å². The van der Waals surface area contributed by atoms with Crippen molar-refractivity contribution in [3.05, 3.63) is 42.4 Å². The summed E-state index contributed by atoms with van der Waals surface area (Å²) in [5.74, 6) is 2.05. The van der Waals surface area contributed by atoms with Crippen molar-refractivity contribution in [3.8, 4) is 0 Å². The Hall–Kier alpha value is -1.59. The Bertz CT molecular complexity index is 477. The maximum Gasteiger partial charge on any atom is 0.122 e. The van der Waals surface area contributed by atoms with Crippen LogP contribution in [0.15, 0.2) is 35.2 Å². The second-order valence-corrected chi connectivity index (χ2v) is 4.93. The first-order valence-electron chi connectivity index (χ1n) is 6.56. The highest BCUT2D eigenvalue weighted by atomic mass is 16.3. The largest absolute Gasteiger partial charge is 0.468 e. The number of nitrogens with zero attached hydrogens (tertiary/aromatic N) is 3. The zero-order valence-electron chi connectivity index (χ0n) is 11.8. The van der Waals surface area contributed by atoms with Gasteiger partial charge in [0.1, 0.15) is 11.6 Å². The zero-order chi connectivity index (χ0) is 13.7. The lowest BCUT2D eigenvalue weighted by Crippen LogP contribution is -2.37. The van der Waals surface area contributed by atoms with Gasteiger partial charge in [-0.2, -0.15) is 0 Å². The van der Waals surface area contributed by atoms with E-state index in [1.807, 2.05) is 31.6 Å². The third-order valence-electron chi connectivity index (χ3n) is 3.38. The highest BCUT2D eigenvalue weighted by molar-refractivity contribution is 4.97. The van der Waals surface area contributed by atoms with Crippen molar-refractivity contribution in [2.45, 2.75) is 26.1 Å². The molecule has 5 nitrogen and oxygen atoms in total. The predicted octanol–water partition coefficient (Wildman–Crippen LogP) is 1.62. The van der Waals surface area contributed by atoms with Gasteiger partial charge in [-0.15, -0.1) is 0 Å². The summed E-state index contributed by atoms with van der Waals surface area (Å²) in [5.41, 5.74) is 0. The number of aromatic nitrogens is 2. The van der Waals surface area contributed by atoms with Crippen LogP contribution >= 0.6 is 0 Å². The molecule has 1 atom stereocenters. The van der Waals surface area contributed by atoms with Crippen molar-refractivity contribution in [2.75, 3.05) is 13.6 Å². The predicted molar refractivity (Wildman–Crippen MR) is 74.6 cm³/mol. The van der Waals surface area contributed by atoms with E-state index in [1.54, 1.807) is 6.26 Å². The number of furan rings is 1. The fraction of sp³-hybridized carbons (Fsp3) is 0.500. The van der Waals surface area contributed by atoms with E-state index in [2.05, 4.69) is 33.7 Å². The Kier molecular flexibility index (Phi) is 4.76. The van der Waals surface area contributed by atoms with Crippen molar-refractivity contribution in [2.24, 2.45) is 7.05 Å². The van der Waals surface area contributed by atoms with E-state index >= 15 is 0 Å². The van der Waals surface area contributed by atoms with Crippen molar-refractivity contribution in [1.82, 2.24) is 19.8 Å². The minimum Gasteiger partial charge on any atom is -0.468 e. The van der Waals surface area contributed by atoms with Gasteiger partial charge < -0.3 is 14.3 Å². The number of aryl methyl sites for hydroxylation is 1. The molecule has 2 aromatic rings. The molecular weight excluding hydrogens is 240 g/mol. The Labute approximate surface area is 114 Å². The van der Waals surface area contributed by atoms with E-state index in [9.17, 15) is 0 Å². The summed E-state index contributed by atoms with van der Waals surface area (Å²) >= 11 is 0. The Morgan fingerprint density at radius 3 is 3.00 bits per heavy atom. The van der Waals surface area contributed by atoms with Gasteiger partial charge in [-0.25, -0.2) is 4.98 Å². The van der Waals surface area contributed by atoms with E-state index in [4.69, 9.17) is 4.42 Å². The Morgan fingerprint density at radius 1 is 1.53 bits per heavy atom. The highest BCUT2D eigenvalue weighted by Gasteiger charge is 2.11. The summed E-state index contributed by atoms with van der Waals surface area (Å²) in [7, 11) is 4.14. The Balaban J connectivity index is 1.73. The van der Waals surface area contributed by atoms with E-state index in [0.717, 1.165) is 31.2 Å². The van der Waals surface area contributed by atoms with Crippen LogP contribution in [0.25, 0.3) is 0 Å². The molecule has 0 aliphatic carbocycles. The molecular formula is C14H22N4O. The summed E-state index contributed by atoms with van der Waals surface area (Å²) < 4.78 is 7.34. The molecule has 0 aliphatic heterocycles. The van der Waals surface area contributed by atoms with Crippen LogP contribution in [0.4, 0.5) is 0 Å². The molecule has 0 fully saturated rings. The van der Waals surface area contributed by atoms with Crippen LogP contribution in [-0.4, -0.2) is 34.1 Å². The number of hydrogen-bond acceptors (Lipinski definition) is 4. The molecule has 19 heavy (non-hydrogen) atoms. The number of hydrogen-bond donors (Lipinski definition) is 1. The summed E-state index contributed by atoms with van der Waals surface area (Å²) in [6.45, 7) is 4.75. The standard InChI is InChI=1S/C14H22N4O/c1-12(9-15-10-13-5-4-8-19-13)18(3)11-14-16-6-7-17(14)2/h4-8,12,15H,9-11H2,1-3H3. The van der Waals surface area contributed by atoms with Crippen LogP contribution in [-0.2, 0) is 20.1 Å². The second-order valence-electron chi connectivity index (χ2n) is 4.93. The van der Waals surface area contributed by atoms with Gasteiger partial charge in [-0.3, -0.25) is 4.90 Å². The molecule has 2 rings (SSSR count). The fourth-order valence-electron chi connectivity index (χ4n) is 1.90. The minimum atomic E-state index is 0.437. The van der Waals surface area contributed by atoms with Gasteiger partial charge in [0.15, 0.2) is 0 Å². The van der Waals surface area contributed by atoms with Gasteiger partial charge in [-0.1, -0.05) is 0 Å². The molecule has 104 valence electrons. The first-order valence-corrected chi connectivity index (χ1v) is 6.56. The fourth-order valence-corrected chi connectivity index (χ4v) is 1.90. The molecule has 0 saturated heterocycles. The van der Waals surface area contributed by atoms with Crippen molar-refractivity contribution < 1.29 is 4.42 Å². The van der Waals surface area contributed by atoms with Crippen LogP contribution in [0, 0.1) is 0 Å². The van der Waals surface area contributed by atoms with Gasteiger partial charge >= 0.3 is 0 Å². The van der Waals surface area contributed by atoms with Crippen LogP contribution in [0.5, 0.6) is 0 Å². The van der Waals surface area contributed by atoms with Crippen molar-refractivity contribution >= 4 is 0 Å². The van der Waals surface area contributed by atoms with Crippen LogP contribution in [0.2, 0.25) is 0 Å². The zero-order valence-corrected chi connectivity index (χ0v) is 11.8. The highest BCUT2D eigenvalue weighted by Crippen LogP contribution is 2.04. The minimum absolute atomic E-state index is 0.437. The number of rotatable bonds is 7. The molecule has 0 spiro atoms. The summed E-state index contributed by atoms with van der Waals surface area (Å²) in [6, 6.07) is 4.33. The number of likely N-dealkylation sites (N-methyl/N-ethyl adjacent to an activating group) is 1. The average molecular weight is 262 g/mol. The molecule has 0 radical (unpaired) electrons. The average Bonchev–Trinajstić information content (AvgIpc) is 3.02. The lowest BCUT2D eigenvalue weighted by molar-refractivity contribution is 0.233. The molecule has 5 heteroatoms. The maximum atomic E-state index is 5.29. The van der Waals surface area contributed by atoms with Crippen LogP contribution < -0.4 is 5.32 Å². The molecule has 0 amide bonds. The summed E-state index contributed by atoms with van der Waals surface area (Å²) in [5, 5.41) is 3.40. The number of nitrogens with one attached hydrogen (secondary N) is 1. The van der Waals surface area contributed by atoms with Crippen molar-refractivity contribution in [1.29, 1.82) is 0 Å². The molecule has 0 aromatic carbocycles. The monoisotopic (exact) mass is 262 g/mol. The summed E-state index contributed by atoms with van der Waals surface area (Å²) in [6.07, 6.45) is 5.51. The number of imidazole rings is 1. The van der Waals surface area contributed by atoms with Crippen molar-refractivity contribution in [3.63, 3.8) is 0 Å². The smallest absolute Gasteiger partial charge is 0.122 e. The third-order valence-corrected chi connectivity index (χ3v) is 3.38. The van der Waals surface area contributed by atoms with Crippen LogP contribution in [0.3, 0.4) is 0 Å². The lowest BCUT2D eigenvalue weighted by Gasteiger charge is -2.24. The quantitative estimate of drug-likeness (QED) is 0.823. The van der Waals surface area contributed by atoms with E-state index in [0.29, 0.717) is 6.04 Å². The first kappa shape index (κ1) is 13.8. The van der Waals surface area contributed by atoms with Gasteiger partial charge in [-0.05, 0) is 26.1 Å². The van der Waals surface area contributed by atoms with Gasteiger partial charge in [0.05, 0.1) is 19.4 Å². The molecule has 1 unspecified atom stereocenters.